The molecule has 0 spiro atoms. The molecule has 2 rings (SSSR count). The minimum Gasteiger partial charge on any atom is -0.481 e. The van der Waals surface area contributed by atoms with Crippen molar-refractivity contribution in [2.24, 2.45) is 5.92 Å². The molecule has 0 saturated carbocycles. The van der Waals surface area contributed by atoms with E-state index in [1.807, 2.05) is 0 Å². The number of nitrogens with one attached hydrogen (secondary N) is 1. The second-order valence-corrected chi connectivity index (χ2v) is 5.46. The smallest absolute Gasteiger partial charge is 0.320 e. The average molecular weight is 283 g/mol. The van der Waals surface area contributed by atoms with Gasteiger partial charge < -0.3 is 20.2 Å². The van der Waals surface area contributed by atoms with Gasteiger partial charge in [-0.1, -0.05) is 0 Å². The Morgan fingerprint density at radius 2 is 2.25 bits per heavy atom. The number of carboxylic acids is 1. The number of nitrogens with zero attached hydrogens (tertiary/aromatic N) is 2. The molecule has 2 fully saturated rings. The van der Waals surface area contributed by atoms with Gasteiger partial charge in [-0.2, -0.15) is 0 Å². The molecule has 0 radical (unpaired) electrons. The zero-order valence-corrected chi connectivity index (χ0v) is 11.7. The van der Waals surface area contributed by atoms with E-state index in [9.17, 15) is 14.4 Å². The fraction of sp³-hybridized carbons (Fsp3) is 0.769. The molecule has 7 nitrogen and oxygen atoms in total. The van der Waals surface area contributed by atoms with E-state index in [1.54, 1.807) is 16.8 Å². The Morgan fingerprint density at radius 1 is 1.50 bits per heavy atom. The largest absolute Gasteiger partial charge is 0.481 e. The third-order valence-electron chi connectivity index (χ3n) is 4.06. The van der Waals surface area contributed by atoms with Crippen LogP contribution in [0.5, 0.6) is 0 Å². The molecule has 112 valence electrons. The summed E-state index contributed by atoms with van der Waals surface area (Å²) in [5, 5.41) is 11.4. The van der Waals surface area contributed by atoms with Crippen LogP contribution in [-0.2, 0) is 9.59 Å². The molecule has 2 saturated heterocycles. The lowest BCUT2D eigenvalue weighted by atomic mass is 9.92. The number of aliphatic carboxylic acids is 1. The van der Waals surface area contributed by atoms with E-state index in [0.717, 1.165) is 12.8 Å². The summed E-state index contributed by atoms with van der Waals surface area (Å²) < 4.78 is 0. The van der Waals surface area contributed by atoms with Crippen molar-refractivity contribution in [1.29, 1.82) is 0 Å². The minimum absolute atomic E-state index is 0.0426. The summed E-state index contributed by atoms with van der Waals surface area (Å²) >= 11 is 0. The standard InChI is InChI=1S/C13H21N3O4/c1-15(6-3-5-11(17)18)13(20)16-7-2-4-9-10(16)8-14-12(9)19/h9-10H,2-8H2,1H3,(H,14,19)(H,17,18). The minimum atomic E-state index is -0.852. The van der Waals surface area contributed by atoms with Crippen LogP contribution in [0.3, 0.4) is 0 Å². The van der Waals surface area contributed by atoms with Crippen molar-refractivity contribution >= 4 is 17.9 Å². The molecule has 0 bridgehead atoms. The highest BCUT2D eigenvalue weighted by Crippen LogP contribution is 2.28. The highest BCUT2D eigenvalue weighted by molar-refractivity contribution is 5.84. The quantitative estimate of drug-likeness (QED) is 0.766. The second-order valence-electron chi connectivity index (χ2n) is 5.46. The lowest BCUT2D eigenvalue weighted by Crippen LogP contribution is -2.53. The van der Waals surface area contributed by atoms with Gasteiger partial charge in [-0.15, -0.1) is 0 Å². The number of hydrogen-bond donors (Lipinski definition) is 2. The summed E-state index contributed by atoms with van der Waals surface area (Å²) in [5.74, 6) is -0.893. The molecule has 0 aliphatic carbocycles. The maximum Gasteiger partial charge on any atom is 0.320 e. The average Bonchev–Trinajstić information content (AvgIpc) is 2.79. The number of fused-ring (bicyclic) bond motifs is 1. The molecule has 0 aromatic heterocycles. The van der Waals surface area contributed by atoms with E-state index in [-0.39, 0.29) is 30.3 Å². The van der Waals surface area contributed by atoms with Crippen molar-refractivity contribution in [1.82, 2.24) is 15.1 Å². The number of rotatable bonds is 4. The van der Waals surface area contributed by atoms with Crippen molar-refractivity contribution in [2.45, 2.75) is 31.7 Å². The Morgan fingerprint density at radius 3 is 2.95 bits per heavy atom. The molecular weight excluding hydrogens is 262 g/mol. The Hall–Kier alpha value is -1.79. The van der Waals surface area contributed by atoms with Crippen LogP contribution in [0.2, 0.25) is 0 Å². The SMILES string of the molecule is CN(CCCC(=O)O)C(=O)N1CCCC2C(=O)NCC21. The van der Waals surface area contributed by atoms with E-state index < -0.39 is 5.97 Å². The van der Waals surface area contributed by atoms with Crippen LogP contribution in [0, 0.1) is 5.92 Å². The molecule has 20 heavy (non-hydrogen) atoms. The van der Waals surface area contributed by atoms with E-state index in [4.69, 9.17) is 5.11 Å². The number of likely N-dealkylation sites (tertiary alicyclic amines) is 1. The summed E-state index contributed by atoms with van der Waals surface area (Å²) in [7, 11) is 1.68. The number of carbonyl (C=O) groups is 3. The molecule has 2 aliphatic heterocycles. The van der Waals surface area contributed by atoms with Crippen LogP contribution < -0.4 is 5.32 Å². The number of piperidine rings is 1. The first-order valence-corrected chi connectivity index (χ1v) is 7.02. The fourth-order valence-corrected chi connectivity index (χ4v) is 2.97. The summed E-state index contributed by atoms with van der Waals surface area (Å²) in [6.07, 6.45) is 2.17. The van der Waals surface area contributed by atoms with Crippen LogP contribution in [0.15, 0.2) is 0 Å². The monoisotopic (exact) mass is 283 g/mol. The number of hydrogen-bond acceptors (Lipinski definition) is 3. The first-order chi connectivity index (χ1) is 9.50. The Bertz CT molecular complexity index is 412. The topological polar surface area (TPSA) is 90.0 Å². The van der Waals surface area contributed by atoms with Gasteiger partial charge in [0.15, 0.2) is 0 Å². The fourth-order valence-electron chi connectivity index (χ4n) is 2.97. The first-order valence-electron chi connectivity index (χ1n) is 7.02. The molecule has 2 N–H and O–H groups in total. The van der Waals surface area contributed by atoms with Crippen molar-refractivity contribution in [3.63, 3.8) is 0 Å². The summed E-state index contributed by atoms with van der Waals surface area (Å²) in [6.45, 7) is 1.61. The van der Waals surface area contributed by atoms with Gasteiger partial charge in [0.2, 0.25) is 5.91 Å². The van der Waals surface area contributed by atoms with E-state index in [0.29, 0.717) is 26.1 Å². The van der Waals surface area contributed by atoms with Gasteiger partial charge in [-0.3, -0.25) is 9.59 Å². The van der Waals surface area contributed by atoms with Crippen molar-refractivity contribution in [3.05, 3.63) is 0 Å². The number of carboxylic acid groups (broad SMARTS) is 1. The molecular formula is C13H21N3O4. The normalized spacial score (nSPS) is 25.1. The predicted molar refractivity (Wildman–Crippen MR) is 71.1 cm³/mol. The maximum absolute atomic E-state index is 12.4. The van der Waals surface area contributed by atoms with E-state index >= 15 is 0 Å². The molecule has 2 heterocycles. The number of carbonyl (C=O) groups excluding carboxylic acids is 2. The molecule has 3 amide bonds. The molecule has 2 aliphatic rings. The molecule has 7 heteroatoms. The van der Waals surface area contributed by atoms with Crippen molar-refractivity contribution < 1.29 is 19.5 Å². The molecule has 2 atom stereocenters. The summed E-state index contributed by atoms with van der Waals surface area (Å²) in [5.41, 5.74) is 0. The number of urea groups is 1. The lowest BCUT2D eigenvalue weighted by molar-refractivity contribution is -0.137. The zero-order chi connectivity index (χ0) is 14.7. The first kappa shape index (κ1) is 14.6. The molecule has 2 unspecified atom stereocenters. The van der Waals surface area contributed by atoms with Gasteiger partial charge in [0.1, 0.15) is 0 Å². The van der Waals surface area contributed by atoms with Crippen LogP contribution in [-0.4, -0.2) is 65.5 Å². The highest BCUT2D eigenvalue weighted by atomic mass is 16.4. The second kappa shape index (κ2) is 6.11. The van der Waals surface area contributed by atoms with Crippen molar-refractivity contribution in [2.75, 3.05) is 26.7 Å². The molecule has 0 aromatic rings. The van der Waals surface area contributed by atoms with Gasteiger partial charge in [0.05, 0.1) is 12.0 Å². The van der Waals surface area contributed by atoms with Crippen molar-refractivity contribution in [3.8, 4) is 0 Å². The number of amides is 3. The lowest BCUT2D eigenvalue weighted by Gasteiger charge is -2.38. The van der Waals surface area contributed by atoms with Gasteiger partial charge in [-0.05, 0) is 19.3 Å². The zero-order valence-electron chi connectivity index (χ0n) is 11.7. The predicted octanol–water partition coefficient (Wildman–Crippen LogP) is 0.113. The van der Waals surface area contributed by atoms with E-state index in [1.165, 1.54) is 0 Å². The van der Waals surface area contributed by atoms with Gasteiger partial charge >= 0.3 is 12.0 Å². The third kappa shape index (κ3) is 3.02. The summed E-state index contributed by atoms with van der Waals surface area (Å²) in [4.78, 5) is 37.8. The maximum atomic E-state index is 12.4. The van der Waals surface area contributed by atoms with E-state index in [2.05, 4.69) is 5.32 Å². The van der Waals surface area contributed by atoms with Crippen LogP contribution >= 0.6 is 0 Å². The third-order valence-corrected chi connectivity index (χ3v) is 4.06. The Balaban J connectivity index is 1.90. The van der Waals surface area contributed by atoms with Gasteiger partial charge in [-0.25, -0.2) is 4.79 Å². The van der Waals surface area contributed by atoms with Gasteiger partial charge in [0.25, 0.3) is 0 Å². The summed E-state index contributed by atoms with van der Waals surface area (Å²) in [6, 6.07) is -0.160. The highest BCUT2D eigenvalue weighted by Gasteiger charge is 2.43. The Labute approximate surface area is 117 Å². The molecule has 0 aromatic carbocycles. The van der Waals surface area contributed by atoms with Gasteiger partial charge in [0, 0.05) is 33.1 Å². The van der Waals surface area contributed by atoms with Crippen LogP contribution in [0.4, 0.5) is 4.79 Å². The Kier molecular flexibility index (Phi) is 4.46. The van der Waals surface area contributed by atoms with Crippen LogP contribution in [0.25, 0.3) is 0 Å². The van der Waals surface area contributed by atoms with Crippen LogP contribution in [0.1, 0.15) is 25.7 Å².